The Labute approximate surface area is 156 Å². The Balaban J connectivity index is 1.84. The van der Waals surface area contributed by atoms with Crippen LogP contribution in [0.15, 0.2) is 70.3 Å². The van der Waals surface area contributed by atoms with Gasteiger partial charge in [0, 0.05) is 17.2 Å². The molecule has 6 heteroatoms. The van der Waals surface area contributed by atoms with E-state index in [1.165, 1.54) is 11.8 Å². The van der Waals surface area contributed by atoms with Crippen LogP contribution in [0.2, 0.25) is 0 Å². The molecule has 134 valence electrons. The summed E-state index contributed by atoms with van der Waals surface area (Å²) in [5, 5.41) is 12.2. The lowest BCUT2D eigenvalue weighted by molar-refractivity contribution is -0.119. The predicted molar refractivity (Wildman–Crippen MR) is 103 cm³/mol. The summed E-state index contributed by atoms with van der Waals surface area (Å²) in [6.07, 6.45) is 0. The number of nitrogens with zero attached hydrogens (tertiary/aromatic N) is 1. The zero-order chi connectivity index (χ0) is 18.4. The van der Waals surface area contributed by atoms with Crippen molar-refractivity contribution in [2.24, 2.45) is 0 Å². The molecule has 0 bridgehead atoms. The second-order valence-corrected chi connectivity index (χ2v) is 6.76. The standard InChI is InChI=1S/C20H20N2O3S/c1-14(12-23)21-17(24)13-26-20-22-18(15-8-4-2-5-9-15)19(25-20)16-10-6-3-7-11-16/h2-11,14,23H,12-13H2,1H3,(H,21,24)/t14-/m0/s1. The molecule has 0 unspecified atom stereocenters. The molecule has 0 aliphatic rings. The van der Waals surface area contributed by atoms with Gasteiger partial charge in [-0.3, -0.25) is 4.79 Å². The fourth-order valence-electron chi connectivity index (χ4n) is 2.43. The highest BCUT2D eigenvalue weighted by Gasteiger charge is 2.18. The number of hydrogen-bond acceptors (Lipinski definition) is 5. The van der Waals surface area contributed by atoms with Crippen molar-refractivity contribution in [3.05, 3.63) is 60.7 Å². The van der Waals surface area contributed by atoms with Crippen LogP contribution < -0.4 is 5.32 Å². The number of aromatic nitrogens is 1. The van der Waals surface area contributed by atoms with E-state index in [1.807, 2.05) is 60.7 Å². The molecule has 2 aromatic carbocycles. The van der Waals surface area contributed by atoms with Gasteiger partial charge in [0.1, 0.15) is 5.69 Å². The molecule has 0 aliphatic carbocycles. The minimum absolute atomic E-state index is 0.0915. The van der Waals surface area contributed by atoms with E-state index in [2.05, 4.69) is 10.3 Å². The second kappa shape index (κ2) is 8.69. The third kappa shape index (κ3) is 4.53. The van der Waals surface area contributed by atoms with Gasteiger partial charge in [-0.2, -0.15) is 0 Å². The van der Waals surface area contributed by atoms with E-state index in [-0.39, 0.29) is 24.3 Å². The first-order chi connectivity index (χ1) is 12.7. The summed E-state index contributed by atoms with van der Waals surface area (Å²) >= 11 is 1.23. The number of aliphatic hydroxyl groups excluding tert-OH is 1. The molecule has 0 saturated heterocycles. The number of oxazole rings is 1. The fourth-order valence-corrected chi connectivity index (χ4v) is 3.06. The zero-order valence-electron chi connectivity index (χ0n) is 14.4. The zero-order valence-corrected chi connectivity index (χ0v) is 15.2. The van der Waals surface area contributed by atoms with Crippen molar-refractivity contribution in [1.29, 1.82) is 0 Å². The van der Waals surface area contributed by atoms with Gasteiger partial charge in [0.25, 0.3) is 5.22 Å². The smallest absolute Gasteiger partial charge is 0.257 e. The van der Waals surface area contributed by atoms with E-state index in [1.54, 1.807) is 6.92 Å². The van der Waals surface area contributed by atoms with Gasteiger partial charge in [-0.1, -0.05) is 72.4 Å². The van der Waals surface area contributed by atoms with Crippen LogP contribution in [0, 0.1) is 0 Å². The number of carbonyl (C=O) groups excluding carboxylic acids is 1. The number of thioether (sulfide) groups is 1. The Morgan fingerprint density at radius 3 is 2.35 bits per heavy atom. The Kier molecular flexibility index (Phi) is 6.09. The van der Waals surface area contributed by atoms with Gasteiger partial charge < -0.3 is 14.8 Å². The largest absolute Gasteiger partial charge is 0.431 e. The second-order valence-electron chi connectivity index (χ2n) is 5.83. The van der Waals surface area contributed by atoms with Gasteiger partial charge in [-0.05, 0) is 6.92 Å². The maximum atomic E-state index is 11.9. The van der Waals surface area contributed by atoms with Crippen LogP contribution in [-0.4, -0.2) is 34.4 Å². The molecule has 0 fully saturated rings. The highest BCUT2D eigenvalue weighted by atomic mass is 32.2. The van der Waals surface area contributed by atoms with E-state index in [4.69, 9.17) is 9.52 Å². The molecule has 26 heavy (non-hydrogen) atoms. The average molecular weight is 368 g/mol. The number of hydrogen-bond donors (Lipinski definition) is 2. The molecule has 1 aromatic heterocycles. The van der Waals surface area contributed by atoms with Gasteiger partial charge in [0.15, 0.2) is 5.76 Å². The maximum Gasteiger partial charge on any atom is 0.257 e. The molecule has 1 atom stereocenters. The quantitative estimate of drug-likeness (QED) is 0.623. The summed E-state index contributed by atoms with van der Waals surface area (Å²) in [4.78, 5) is 16.5. The van der Waals surface area contributed by atoms with Gasteiger partial charge in [-0.25, -0.2) is 4.98 Å². The van der Waals surface area contributed by atoms with E-state index < -0.39 is 0 Å². The number of benzene rings is 2. The van der Waals surface area contributed by atoms with Crippen LogP contribution in [0.5, 0.6) is 0 Å². The van der Waals surface area contributed by atoms with E-state index in [0.717, 1.165) is 16.8 Å². The molecule has 3 rings (SSSR count). The number of rotatable bonds is 7. The monoisotopic (exact) mass is 368 g/mol. The maximum absolute atomic E-state index is 11.9. The first-order valence-corrected chi connectivity index (χ1v) is 9.30. The molecule has 5 nitrogen and oxygen atoms in total. The number of nitrogens with one attached hydrogen (secondary N) is 1. The molecule has 1 amide bonds. The number of carbonyl (C=O) groups is 1. The molecular weight excluding hydrogens is 348 g/mol. The summed E-state index contributed by atoms with van der Waals surface area (Å²) in [5.41, 5.74) is 2.65. The summed E-state index contributed by atoms with van der Waals surface area (Å²) in [6, 6.07) is 19.3. The van der Waals surface area contributed by atoms with E-state index in [0.29, 0.717) is 11.0 Å². The summed E-state index contributed by atoms with van der Waals surface area (Å²) in [6.45, 7) is 1.65. The topological polar surface area (TPSA) is 75.4 Å². The third-order valence-electron chi connectivity index (χ3n) is 3.70. The first kappa shape index (κ1) is 18.2. The van der Waals surface area contributed by atoms with Gasteiger partial charge in [0.05, 0.1) is 12.4 Å². The molecule has 0 radical (unpaired) electrons. The lowest BCUT2D eigenvalue weighted by Crippen LogP contribution is -2.36. The number of amides is 1. The van der Waals surface area contributed by atoms with Crippen molar-refractivity contribution in [3.8, 4) is 22.6 Å². The molecular formula is C20H20N2O3S. The van der Waals surface area contributed by atoms with Gasteiger partial charge in [-0.15, -0.1) is 0 Å². The molecule has 3 aromatic rings. The highest BCUT2D eigenvalue weighted by Crippen LogP contribution is 2.35. The Bertz CT molecular complexity index is 793. The van der Waals surface area contributed by atoms with Crippen LogP contribution >= 0.6 is 11.8 Å². The van der Waals surface area contributed by atoms with E-state index >= 15 is 0 Å². The van der Waals surface area contributed by atoms with Crippen LogP contribution in [0.1, 0.15) is 6.92 Å². The summed E-state index contributed by atoms with van der Waals surface area (Å²) < 4.78 is 5.96. The summed E-state index contributed by atoms with van der Waals surface area (Å²) in [5.74, 6) is 0.688. The SMILES string of the molecule is C[C@@H](CO)NC(=O)CSc1nc(-c2ccccc2)c(-c2ccccc2)o1. The Morgan fingerprint density at radius 1 is 1.12 bits per heavy atom. The fraction of sp³-hybridized carbons (Fsp3) is 0.200. The molecule has 0 saturated carbocycles. The molecule has 1 heterocycles. The molecule has 2 N–H and O–H groups in total. The van der Waals surface area contributed by atoms with E-state index in [9.17, 15) is 4.79 Å². The van der Waals surface area contributed by atoms with Crippen molar-refractivity contribution in [3.63, 3.8) is 0 Å². The third-order valence-corrected chi connectivity index (χ3v) is 4.53. The van der Waals surface area contributed by atoms with Crippen LogP contribution in [0.25, 0.3) is 22.6 Å². The molecule has 0 spiro atoms. The first-order valence-electron chi connectivity index (χ1n) is 8.32. The lowest BCUT2D eigenvalue weighted by atomic mass is 10.1. The predicted octanol–water partition coefficient (Wildman–Crippen LogP) is 3.60. The molecule has 0 aliphatic heterocycles. The minimum Gasteiger partial charge on any atom is -0.431 e. The summed E-state index contributed by atoms with van der Waals surface area (Å²) in [7, 11) is 0. The minimum atomic E-state index is -0.271. The average Bonchev–Trinajstić information content (AvgIpc) is 3.12. The van der Waals surface area contributed by atoms with Crippen LogP contribution in [0.3, 0.4) is 0 Å². The number of aliphatic hydroxyl groups is 1. The Hall–Kier alpha value is -2.57. The van der Waals surface area contributed by atoms with Crippen molar-refractivity contribution in [2.75, 3.05) is 12.4 Å². The highest BCUT2D eigenvalue weighted by molar-refractivity contribution is 7.99. The van der Waals surface area contributed by atoms with Crippen LogP contribution in [0.4, 0.5) is 0 Å². The van der Waals surface area contributed by atoms with Crippen LogP contribution in [-0.2, 0) is 4.79 Å². The Morgan fingerprint density at radius 2 is 1.73 bits per heavy atom. The van der Waals surface area contributed by atoms with Crippen molar-refractivity contribution < 1.29 is 14.3 Å². The van der Waals surface area contributed by atoms with Gasteiger partial charge in [0.2, 0.25) is 5.91 Å². The van der Waals surface area contributed by atoms with Crippen molar-refractivity contribution in [2.45, 2.75) is 18.2 Å². The van der Waals surface area contributed by atoms with Crippen molar-refractivity contribution >= 4 is 17.7 Å². The lowest BCUT2D eigenvalue weighted by Gasteiger charge is -2.09. The van der Waals surface area contributed by atoms with Gasteiger partial charge >= 0.3 is 0 Å². The normalized spacial score (nSPS) is 11.9. The van der Waals surface area contributed by atoms with Crippen molar-refractivity contribution in [1.82, 2.24) is 10.3 Å².